The predicted molar refractivity (Wildman–Crippen MR) is 63.8 cm³/mol. The Kier molecular flexibility index (Phi) is 5.14. The van der Waals surface area contributed by atoms with Crippen LogP contribution in [0.15, 0.2) is 48.8 Å². The Bertz CT molecular complexity index is 384. The van der Waals surface area contributed by atoms with E-state index in [1.807, 2.05) is 36.4 Å². The third-order valence-corrected chi connectivity index (χ3v) is 2.66. The molecule has 0 saturated heterocycles. The largest absolute Gasteiger partial charge is 0.668 e. The zero-order valence-corrected chi connectivity index (χ0v) is 10.5. The van der Waals surface area contributed by atoms with E-state index < -0.39 is 15.9 Å². The Morgan fingerprint density at radius 1 is 0.824 bits per heavy atom. The van der Waals surface area contributed by atoms with Gasteiger partial charge in [-0.2, -0.15) is 0 Å². The first-order valence-corrected chi connectivity index (χ1v) is 6.24. The summed E-state index contributed by atoms with van der Waals surface area (Å²) in [4.78, 5) is 8.31. The Morgan fingerprint density at radius 2 is 1.35 bits per heavy atom. The van der Waals surface area contributed by atoms with Gasteiger partial charge in [-0.1, -0.05) is 12.1 Å². The summed E-state index contributed by atoms with van der Waals surface area (Å²) in [5.41, 5.74) is 1.84. The molecule has 0 saturated carbocycles. The van der Waals surface area contributed by atoms with Crippen molar-refractivity contribution in [2.75, 3.05) is 0 Å². The van der Waals surface area contributed by atoms with Gasteiger partial charge in [-0.25, -0.2) is 0 Å². The summed E-state index contributed by atoms with van der Waals surface area (Å²) >= 11 is -0.477. The van der Waals surface area contributed by atoms with Crippen LogP contribution in [0.2, 0.25) is 0 Å². The van der Waals surface area contributed by atoms with Crippen LogP contribution in [0.25, 0.3) is 0 Å². The van der Waals surface area contributed by atoms with Crippen molar-refractivity contribution in [3.63, 3.8) is 0 Å². The van der Waals surface area contributed by atoms with Crippen molar-refractivity contribution >= 4 is 15.9 Å². The van der Waals surface area contributed by atoms with Crippen molar-refractivity contribution < 1.29 is 7.58 Å². The van der Waals surface area contributed by atoms with Crippen molar-refractivity contribution in [3.8, 4) is 0 Å². The van der Waals surface area contributed by atoms with Gasteiger partial charge < -0.3 is 7.58 Å². The molecule has 2 heterocycles. The summed E-state index contributed by atoms with van der Waals surface area (Å²) in [7, 11) is 0. The highest BCUT2D eigenvalue weighted by atomic mass is 27.2. The molecule has 0 aliphatic carbocycles. The fourth-order valence-corrected chi connectivity index (χ4v) is 1.83. The molecule has 1 radical (unpaired) electrons. The monoisotopic (exact) mass is 243 g/mol. The molecule has 0 atom stereocenters. The minimum absolute atomic E-state index is 0.477. The minimum Gasteiger partial charge on any atom is -0.479 e. The van der Waals surface area contributed by atoms with E-state index in [0.717, 1.165) is 11.4 Å². The lowest BCUT2D eigenvalue weighted by Crippen LogP contribution is -2.06. The zero-order chi connectivity index (χ0) is 11.8. The van der Waals surface area contributed by atoms with E-state index in [0.29, 0.717) is 13.2 Å². The molecule has 2 rings (SSSR count). The van der Waals surface area contributed by atoms with E-state index >= 15 is 0 Å². The van der Waals surface area contributed by atoms with E-state index in [1.54, 1.807) is 12.4 Å². The molecular weight excluding hydrogens is 231 g/mol. The third-order valence-electron chi connectivity index (χ3n) is 2.05. The Labute approximate surface area is 107 Å². The van der Waals surface area contributed by atoms with Crippen LogP contribution in [0.5, 0.6) is 0 Å². The smallest absolute Gasteiger partial charge is 0.479 e. The maximum atomic E-state index is 5.41. The summed E-state index contributed by atoms with van der Waals surface area (Å²) in [6.45, 7) is 0.997. The first-order valence-electron chi connectivity index (χ1n) is 5.30. The summed E-state index contributed by atoms with van der Waals surface area (Å²) < 4.78 is 10.8. The molecule has 0 aromatic carbocycles. The highest BCUT2D eigenvalue weighted by molar-refractivity contribution is 6.17. The van der Waals surface area contributed by atoms with Crippen molar-refractivity contribution in [3.05, 3.63) is 60.2 Å². The molecule has 5 heteroatoms. The maximum Gasteiger partial charge on any atom is 0.668 e. The summed E-state index contributed by atoms with van der Waals surface area (Å²) in [5, 5.41) is 0. The van der Waals surface area contributed by atoms with Gasteiger partial charge in [0.2, 0.25) is 0 Å². The van der Waals surface area contributed by atoms with Crippen LogP contribution in [0.3, 0.4) is 0 Å². The van der Waals surface area contributed by atoms with Crippen LogP contribution in [-0.4, -0.2) is 25.9 Å². The number of hydrogen-bond acceptors (Lipinski definition) is 4. The summed E-state index contributed by atoms with van der Waals surface area (Å²) in [5.74, 6) is 0. The van der Waals surface area contributed by atoms with Crippen molar-refractivity contribution in [2.45, 2.75) is 13.2 Å². The van der Waals surface area contributed by atoms with Gasteiger partial charge in [-0.15, -0.1) is 0 Å². The molecule has 0 aliphatic rings. The highest BCUT2D eigenvalue weighted by Crippen LogP contribution is 1.97. The predicted octanol–water partition coefficient (Wildman–Crippen LogP) is 1.74. The van der Waals surface area contributed by atoms with Crippen molar-refractivity contribution in [1.29, 1.82) is 0 Å². The molecule has 17 heavy (non-hydrogen) atoms. The Hall–Kier alpha value is -1.25. The van der Waals surface area contributed by atoms with Crippen molar-refractivity contribution in [2.24, 2.45) is 0 Å². The Balaban J connectivity index is 1.61. The second kappa shape index (κ2) is 7.15. The molecule has 0 bridgehead atoms. The first-order chi connectivity index (χ1) is 8.45. The van der Waals surface area contributed by atoms with Crippen molar-refractivity contribution in [1.82, 2.24) is 9.97 Å². The van der Waals surface area contributed by atoms with Crippen LogP contribution in [0, 0.1) is 0 Å². The lowest BCUT2D eigenvalue weighted by molar-refractivity contribution is 0.203. The molecule has 4 nitrogen and oxygen atoms in total. The molecule has 0 spiro atoms. The summed E-state index contributed by atoms with van der Waals surface area (Å²) in [6.07, 6.45) is 3.51. The lowest BCUT2D eigenvalue weighted by Gasteiger charge is -2.04. The van der Waals surface area contributed by atoms with Gasteiger partial charge in [0.1, 0.15) is 0 Å². The standard InChI is InChI=1S/2C6H6NO.Al/c2*8-5-6-3-1-2-4-7-6;/h2*1-4H,5H2;/q2*-1;+2. The van der Waals surface area contributed by atoms with Gasteiger partial charge >= 0.3 is 15.9 Å². The number of aromatic nitrogens is 2. The molecule has 85 valence electrons. The topological polar surface area (TPSA) is 44.2 Å². The molecule has 2 aromatic heterocycles. The Morgan fingerprint density at radius 3 is 1.76 bits per heavy atom. The minimum atomic E-state index is -0.477. The SMILES string of the molecule is c1ccc(C[O][Al][O]Cc2ccccn2)nc1. The summed E-state index contributed by atoms with van der Waals surface area (Å²) in [6, 6.07) is 11.5. The first kappa shape index (κ1) is 12.2. The van der Waals surface area contributed by atoms with E-state index in [1.165, 1.54) is 0 Å². The highest BCUT2D eigenvalue weighted by Gasteiger charge is 2.00. The van der Waals surface area contributed by atoms with E-state index in [9.17, 15) is 0 Å². The van der Waals surface area contributed by atoms with Crippen LogP contribution in [-0.2, 0) is 20.8 Å². The molecule has 0 amide bonds. The molecule has 0 aliphatic heterocycles. The second-order valence-corrected chi connectivity index (χ2v) is 4.22. The quantitative estimate of drug-likeness (QED) is 0.572. The van der Waals surface area contributed by atoms with Gasteiger partial charge in [-0.3, -0.25) is 9.97 Å². The number of nitrogens with zero attached hydrogens (tertiary/aromatic N) is 2. The van der Waals surface area contributed by atoms with Gasteiger partial charge in [0, 0.05) is 12.4 Å². The number of hydrogen-bond donors (Lipinski definition) is 0. The number of pyridine rings is 2. The van der Waals surface area contributed by atoms with Gasteiger partial charge in [0.25, 0.3) is 0 Å². The molecular formula is C12H12AlN2O2. The lowest BCUT2D eigenvalue weighted by atomic mass is 10.4. The van der Waals surface area contributed by atoms with E-state index in [-0.39, 0.29) is 0 Å². The number of rotatable bonds is 6. The molecule has 0 unspecified atom stereocenters. The van der Waals surface area contributed by atoms with Crippen LogP contribution in [0.4, 0.5) is 0 Å². The molecule has 0 N–H and O–H groups in total. The maximum absolute atomic E-state index is 5.41. The zero-order valence-electron chi connectivity index (χ0n) is 9.32. The van der Waals surface area contributed by atoms with Gasteiger partial charge in [-0.05, 0) is 24.3 Å². The molecule has 2 aromatic rings. The van der Waals surface area contributed by atoms with E-state index in [2.05, 4.69) is 9.97 Å². The van der Waals surface area contributed by atoms with Gasteiger partial charge in [0.05, 0.1) is 24.6 Å². The van der Waals surface area contributed by atoms with Crippen LogP contribution < -0.4 is 0 Å². The van der Waals surface area contributed by atoms with Crippen LogP contribution >= 0.6 is 0 Å². The fraction of sp³-hybridized carbons (Fsp3) is 0.167. The van der Waals surface area contributed by atoms with Crippen LogP contribution in [0.1, 0.15) is 11.4 Å². The van der Waals surface area contributed by atoms with E-state index in [4.69, 9.17) is 7.58 Å². The normalized spacial score (nSPS) is 10.1. The third kappa shape index (κ3) is 4.63. The molecule has 0 fully saturated rings. The average Bonchev–Trinajstić information content (AvgIpc) is 2.41. The average molecular weight is 243 g/mol. The van der Waals surface area contributed by atoms with Gasteiger partial charge in [0.15, 0.2) is 0 Å². The fourth-order valence-electron chi connectivity index (χ4n) is 1.25. The second-order valence-electron chi connectivity index (χ2n) is 3.36.